The van der Waals surface area contributed by atoms with Crippen LogP contribution in [0.3, 0.4) is 0 Å². The number of carbonyl (C=O) groups excluding carboxylic acids is 1. The maximum atomic E-state index is 12.3. The number of amides is 1. The van der Waals surface area contributed by atoms with Gasteiger partial charge < -0.3 is 15.5 Å². The molecule has 0 heterocycles. The Morgan fingerprint density at radius 2 is 1.71 bits per heavy atom. The maximum Gasteiger partial charge on any atom is 0.220 e. The average Bonchev–Trinajstić information content (AvgIpc) is 3.09. The van der Waals surface area contributed by atoms with E-state index in [0.717, 1.165) is 32.1 Å². The minimum absolute atomic E-state index is 0.0136. The number of hydrogen-bond acceptors (Lipinski definition) is 5. The molecule has 4 saturated carbocycles. The van der Waals surface area contributed by atoms with Crippen molar-refractivity contribution in [3.8, 4) is 0 Å². The monoisotopic (exact) mass is 497 g/mol. The fourth-order valence-electron chi connectivity index (χ4n) is 9.20. The van der Waals surface area contributed by atoms with Crippen molar-refractivity contribution in [1.82, 2.24) is 5.32 Å². The normalized spacial score (nSPS) is 45.1. The Bertz CT molecular complexity index is 861. The van der Waals surface area contributed by atoms with Gasteiger partial charge in [0.05, 0.1) is 18.0 Å². The van der Waals surface area contributed by atoms with Gasteiger partial charge in [-0.15, -0.1) is 0 Å². The Balaban J connectivity index is 1.39. The highest BCUT2D eigenvalue weighted by Gasteiger charge is 2.62. The summed E-state index contributed by atoms with van der Waals surface area (Å²) < 4.78 is 22.6. The van der Waals surface area contributed by atoms with E-state index in [4.69, 9.17) is 0 Å². The molecule has 0 aromatic heterocycles. The zero-order valence-electron chi connectivity index (χ0n) is 21.6. The van der Waals surface area contributed by atoms with Crippen molar-refractivity contribution in [2.45, 2.75) is 97.2 Å². The minimum Gasteiger partial charge on any atom is -0.393 e. The fraction of sp³-hybridized carbons (Fsp3) is 0.963. The number of fused-ring (bicyclic) bond motifs is 5. The highest BCUT2D eigenvalue weighted by Crippen LogP contribution is 2.68. The molecule has 0 bridgehead atoms. The van der Waals surface area contributed by atoms with Crippen LogP contribution in [0.2, 0.25) is 0 Å². The van der Waals surface area contributed by atoms with E-state index in [1.165, 1.54) is 31.9 Å². The third kappa shape index (κ3) is 4.95. The molecule has 10 atom stereocenters. The first-order chi connectivity index (χ1) is 15.8. The molecule has 7 heteroatoms. The van der Waals surface area contributed by atoms with E-state index in [0.29, 0.717) is 41.9 Å². The maximum absolute atomic E-state index is 12.3. The van der Waals surface area contributed by atoms with Gasteiger partial charge in [-0.3, -0.25) is 4.79 Å². The van der Waals surface area contributed by atoms with Gasteiger partial charge in [0.25, 0.3) is 0 Å². The molecule has 0 spiro atoms. The molecule has 4 fully saturated rings. The van der Waals surface area contributed by atoms with E-state index in [9.17, 15) is 23.4 Å². The predicted octanol–water partition coefficient (Wildman–Crippen LogP) is 3.55. The summed E-state index contributed by atoms with van der Waals surface area (Å²) in [6, 6.07) is 0. The fourth-order valence-corrected chi connectivity index (χ4v) is 9.67. The van der Waals surface area contributed by atoms with Crippen LogP contribution in [-0.2, 0) is 14.6 Å². The summed E-state index contributed by atoms with van der Waals surface area (Å²) in [7, 11) is -3.06. The van der Waals surface area contributed by atoms with Crippen molar-refractivity contribution in [2.24, 2.45) is 46.3 Å². The van der Waals surface area contributed by atoms with Crippen molar-refractivity contribution in [2.75, 3.05) is 18.6 Å². The van der Waals surface area contributed by atoms with Crippen LogP contribution in [0.25, 0.3) is 0 Å². The summed E-state index contributed by atoms with van der Waals surface area (Å²) in [5.74, 6) is 2.83. The summed E-state index contributed by atoms with van der Waals surface area (Å²) in [6.45, 7) is 7.38. The van der Waals surface area contributed by atoms with E-state index in [1.807, 2.05) is 0 Å². The molecular weight excluding hydrogens is 450 g/mol. The molecule has 34 heavy (non-hydrogen) atoms. The van der Waals surface area contributed by atoms with Crippen LogP contribution < -0.4 is 5.32 Å². The molecule has 0 aromatic carbocycles. The van der Waals surface area contributed by atoms with Crippen molar-refractivity contribution in [3.63, 3.8) is 0 Å². The quantitative estimate of drug-likeness (QED) is 0.499. The first kappa shape index (κ1) is 26.4. The lowest BCUT2D eigenvalue weighted by Crippen LogP contribution is -2.58. The van der Waals surface area contributed by atoms with Crippen LogP contribution >= 0.6 is 0 Å². The van der Waals surface area contributed by atoms with Crippen molar-refractivity contribution < 1.29 is 23.4 Å². The van der Waals surface area contributed by atoms with Crippen LogP contribution in [0.15, 0.2) is 0 Å². The van der Waals surface area contributed by atoms with Gasteiger partial charge in [0.1, 0.15) is 9.84 Å². The number of rotatable bonds is 7. The van der Waals surface area contributed by atoms with Gasteiger partial charge in [0.2, 0.25) is 5.91 Å². The summed E-state index contributed by atoms with van der Waals surface area (Å²) in [4.78, 5) is 12.3. The van der Waals surface area contributed by atoms with Crippen molar-refractivity contribution >= 4 is 15.7 Å². The molecule has 196 valence electrons. The molecule has 0 radical (unpaired) electrons. The zero-order valence-corrected chi connectivity index (χ0v) is 22.4. The Morgan fingerprint density at radius 1 is 1.03 bits per heavy atom. The Kier molecular flexibility index (Phi) is 7.50. The number of carbonyl (C=O) groups is 1. The number of hydrogen-bond donors (Lipinski definition) is 3. The largest absolute Gasteiger partial charge is 0.393 e. The summed E-state index contributed by atoms with van der Waals surface area (Å²) in [5, 5.41) is 24.4. The Morgan fingerprint density at radius 3 is 2.41 bits per heavy atom. The highest BCUT2D eigenvalue weighted by atomic mass is 32.2. The van der Waals surface area contributed by atoms with Gasteiger partial charge in [-0.05, 0) is 104 Å². The van der Waals surface area contributed by atoms with Gasteiger partial charge in [0.15, 0.2) is 0 Å². The average molecular weight is 498 g/mol. The zero-order chi connectivity index (χ0) is 24.9. The third-order valence-corrected chi connectivity index (χ3v) is 12.0. The van der Waals surface area contributed by atoms with E-state index in [-0.39, 0.29) is 41.2 Å². The van der Waals surface area contributed by atoms with Gasteiger partial charge in [-0.25, -0.2) is 8.42 Å². The Labute approximate surface area is 206 Å². The Hall–Kier alpha value is -0.660. The van der Waals surface area contributed by atoms with Gasteiger partial charge in [-0.1, -0.05) is 20.8 Å². The van der Waals surface area contributed by atoms with E-state index < -0.39 is 9.84 Å². The van der Waals surface area contributed by atoms with Gasteiger partial charge >= 0.3 is 0 Å². The number of aliphatic hydroxyl groups excluding tert-OH is 2. The molecule has 1 amide bonds. The molecule has 0 saturated heterocycles. The lowest BCUT2D eigenvalue weighted by atomic mass is 9.43. The predicted molar refractivity (Wildman–Crippen MR) is 134 cm³/mol. The highest BCUT2D eigenvalue weighted by molar-refractivity contribution is 7.90. The molecule has 4 rings (SSSR count). The van der Waals surface area contributed by atoms with Crippen molar-refractivity contribution in [1.29, 1.82) is 0 Å². The number of nitrogens with one attached hydrogen (secondary N) is 1. The molecule has 4 aliphatic carbocycles. The van der Waals surface area contributed by atoms with E-state index in [1.54, 1.807) is 0 Å². The molecule has 6 nitrogen and oxygen atoms in total. The van der Waals surface area contributed by atoms with E-state index >= 15 is 0 Å². The van der Waals surface area contributed by atoms with Crippen LogP contribution in [0.1, 0.15) is 85.0 Å². The second-order valence-electron chi connectivity index (χ2n) is 12.9. The minimum atomic E-state index is -3.06. The lowest BCUT2D eigenvalue weighted by molar-refractivity contribution is -0.174. The second kappa shape index (κ2) is 9.66. The smallest absolute Gasteiger partial charge is 0.220 e. The first-order valence-corrected chi connectivity index (χ1v) is 15.7. The standard InChI is InChI=1S/C27H47NO5S/c1-17(5-8-24(31)28-13-14-34(4,32)33)20-6-7-21-25-22(10-12-27(20,21)3)26(2)11-9-19(29)15-18(26)16-23(25)30/h17-23,25,29-30H,5-16H2,1-4H3,(H,28,31)/t17-,18+,19-,20-,21+,22+,23-,25+,26+,27-/m1/s1. The summed E-state index contributed by atoms with van der Waals surface area (Å²) in [5.41, 5.74) is 0.462. The topological polar surface area (TPSA) is 104 Å². The molecular formula is C27H47NO5S. The third-order valence-electron chi connectivity index (χ3n) is 11.0. The number of aliphatic hydroxyl groups is 2. The molecule has 3 N–H and O–H groups in total. The van der Waals surface area contributed by atoms with Gasteiger partial charge in [0, 0.05) is 19.2 Å². The van der Waals surface area contributed by atoms with Crippen LogP contribution in [-0.4, -0.2) is 55.3 Å². The van der Waals surface area contributed by atoms with Crippen LogP contribution in [0, 0.1) is 46.3 Å². The van der Waals surface area contributed by atoms with E-state index in [2.05, 4.69) is 26.1 Å². The number of sulfone groups is 1. The first-order valence-electron chi connectivity index (χ1n) is 13.7. The SMILES string of the molecule is C[C@H](CCC(=O)NCCS(C)(=O)=O)[C@H]1CC[C@H]2[C@@H]3[C@H](O)C[C@@H]4C[C@H](O)CC[C@]4(C)[C@H]3CC[C@]12C. The summed E-state index contributed by atoms with van der Waals surface area (Å²) >= 11 is 0. The van der Waals surface area contributed by atoms with Crippen LogP contribution in [0.4, 0.5) is 0 Å². The molecule has 0 aliphatic heterocycles. The molecule has 0 unspecified atom stereocenters. The molecule has 4 aliphatic rings. The van der Waals surface area contributed by atoms with Crippen molar-refractivity contribution in [3.05, 3.63) is 0 Å². The van der Waals surface area contributed by atoms with Crippen LogP contribution in [0.5, 0.6) is 0 Å². The second-order valence-corrected chi connectivity index (χ2v) is 15.2. The summed E-state index contributed by atoms with van der Waals surface area (Å²) in [6.07, 6.45) is 10.4. The lowest BCUT2D eigenvalue weighted by Gasteiger charge is -2.62. The van der Waals surface area contributed by atoms with Gasteiger partial charge in [-0.2, -0.15) is 0 Å². The molecule has 0 aromatic rings.